The van der Waals surface area contributed by atoms with Gasteiger partial charge in [-0.05, 0) is 48.0 Å². The minimum Gasteiger partial charge on any atom is -0.497 e. The van der Waals surface area contributed by atoms with Crippen LogP contribution in [0.1, 0.15) is 23.0 Å². The molecule has 0 saturated carbocycles. The number of aryl methyl sites for hydroxylation is 1. The van der Waals surface area contributed by atoms with Crippen LogP contribution in [0.15, 0.2) is 33.3 Å². The van der Waals surface area contributed by atoms with Crippen LogP contribution in [-0.2, 0) is 9.53 Å². The van der Waals surface area contributed by atoms with E-state index >= 15 is 0 Å². The molecule has 0 bridgehead atoms. The standard InChI is InChI=1S/C15H15BrN2O5/c1-8-6-13(18-23-8)17-14(19)9(2)22-15(20)11-7-10(21-3)4-5-12(11)16/h4-7,9H,1-3H3,(H,17,18,19)/t9-/m0/s1. The minimum absolute atomic E-state index is 0.262. The molecule has 7 nitrogen and oxygen atoms in total. The van der Waals surface area contributed by atoms with Crippen molar-refractivity contribution < 1.29 is 23.6 Å². The van der Waals surface area contributed by atoms with Crippen molar-refractivity contribution in [3.05, 3.63) is 40.1 Å². The summed E-state index contributed by atoms with van der Waals surface area (Å²) in [4.78, 5) is 24.2. The Morgan fingerprint density at radius 1 is 1.35 bits per heavy atom. The topological polar surface area (TPSA) is 90.7 Å². The number of nitrogens with zero attached hydrogens (tertiary/aromatic N) is 1. The van der Waals surface area contributed by atoms with Crippen molar-refractivity contribution in [3.8, 4) is 5.75 Å². The molecule has 1 aromatic carbocycles. The lowest BCUT2D eigenvalue weighted by atomic mass is 10.2. The van der Waals surface area contributed by atoms with Crippen molar-refractivity contribution in [1.82, 2.24) is 5.16 Å². The number of nitrogens with one attached hydrogen (secondary N) is 1. The van der Waals surface area contributed by atoms with Gasteiger partial charge in [0.15, 0.2) is 11.9 Å². The first-order valence-electron chi connectivity index (χ1n) is 6.69. The lowest BCUT2D eigenvalue weighted by Crippen LogP contribution is -2.30. The predicted octanol–water partition coefficient (Wildman–Crippen LogP) is 2.94. The van der Waals surface area contributed by atoms with Gasteiger partial charge in [-0.25, -0.2) is 4.79 Å². The monoisotopic (exact) mass is 382 g/mol. The highest BCUT2D eigenvalue weighted by atomic mass is 79.9. The highest BCUT2D eigenvalue weighted by Gasteiger charge is 2.21. The molecule has 0 fully saturated rings. The van der Waals surface area contributed by atoms with E-state index in [4.69, 9.17) is 14.0 Å². The molecule has 1 heterocycles. The first-order chi connectivity index (χ1) is 10.9. The summed E-state index contributed by atoms with van der Waals surface area (Å²) < 4.78 is 15.6. The summed E-state index contributed by atoms with van der Waals surface area (Å²) in [6.07, 6.45) is -1.00. The van der Waals surface area contributed by atoms with Crippen LogP contribution in [0.2, 0.25) is 0 Å². The second kappa shape index (κ2) is 7.28. The molecule has 2 aromatic rings. The number of carbonyl (C=O) groups is 2. The maximum absolute atomic E-state index is 12.2. The number of carbonyl (C=O) groups excluding carboxylic acids is 2. The summed E-state index contributed by atoms with van der Waals surface area (Å²) >= 11 is 3.26. The summed E-state index contributed by atoms with van der Waals surface area (Å²) in [6, 6.07) is 6.45. The van der Waals surface area contributed by atoms with Crippen LogP contribution >= 0.6 is 15.9 Å². The van der Waals surface area contributed by atoms with Crippen LogP contribution in [0.3, 0.4) is 0 Å². The Morgan fingerprint density at radius 2 is 2.09 bits per heavy atom. The van der Waals surface area contributed by atoms with E-state index < -0.39 is 18.0 Å². The summed E-state index contributed by atoms with van der Waals surface area (Å²) in [6.45, 7) is 3.17. The zero-order valence-corrected chi connectivity index (χ0v) is 14.3. The molecule has 1 amide bonds. The molecule has 23 heavy (non-hydrogen) atoms. The zero-order valence-electron chi connectivity index (χ0n) is 12.8. The van der Waals surface area contributed by atoms with E-state index in [-0.39, 0.29) is 11.4 Å². The summed E-state index contributed by atoms with van der Waals surface area (Å²) in [5, 5.41) is 6.14. The molecular formula is C15H15BrN2O5. The van der Waals surface area contributed by atoms with Crippen molar-refractivity contribution in [2.45, 2.75) is 20.0 Å². The van der Waals surface area contributed by atoms with E-state index in [1.807, 2.05) is 0 Å². The van der Waals surface area contributed by atoms with Crippen molar-refractivity contribution in [1.29, 1.82) is 0 Å². The zero-order chi connectivity index (χ0) is 17.0. The fourth-order valence-electron chi connectivity index (χ4n) is 1.72. The number of aromatic nitrogens is 1. The number of amides is 1. The van der Waals surface area contributed by atoms with E-state index in [1.165, 1.54) is 20.1 Å². The molecule has 0 spiro atoms. The van der Waals surface area contributed by atoms with E-state index in [0.717, 1.165) is 0 Å². The van der Waals surface area contributed by atoms with Crippen LogP contribution in [-0.4, -0.2) is 30.2 Å². The van der Waals surface area contributed by atoms with Gasteiger partial charge >= 0.3 is 5.97 Å². The highest BCUT2D eigenvalue weighted by molar-refractivity contribution is 9.10. The van der Waals surface area contributed by atoms with Crippen LogP contribution in [0.25, 0.3) is 0 Å². The normalized spacial score (nSPS) is 11.7. The molecule has 0 aliphatic rings. The first-order valence-corrected chi connectivity index (χ1v) is 7.48. The fraction of sp³-hybridized carbons (Fsp3) is 0.267. The molecule has 0 unspecified atom stereocenters. The van der Waals surface area contributed by atoms with Crippen LogP contribution in [0, 0.1) is 6.92 Å². The first kappa shape index (κ1) is 17.0. The van der Waals surface area contributed by atoms with Gasteiger partial charge in [-0.2, -0.15) is 0 Å². The quantitative estimate of drug-likeness (QED) is 0.799. The van der Waals surface area contributed by atoms with Gasteiger partial charge in [-0.15, -0.1) is 0 Å². The van der Waals surface area contributed by atoms with Crippen LogP contribution in [0.5, 0.6) is 5.75 Å². The lowest BCUT2D eigenvalue weighted by molar-refractivity contribution is -0.123. The van der Waals surface area contributed by atoms with Gasteiger partial charge in [-0.3, -0.25) is 4.79 Å². The van der Waals surface area contributed by atoms with E-state index in [1.54, 1.807) is 25.1 Å². The van der Waals surface area contributed by atoms with E-state index in [2.05, 4.69) is 26.4 Å². The molecule has 0 aliphatic carbocycles. The number of esters is 1. The van der Waals surface area contributed by atoms with Gasteiger partial charge in [0, 0.05) is 10.5 Å². The van der Waals surface area contributed by atoms with Crippen molar-refractivity contribution >= 4 is 33.6 Å². The molecule has 1 N–H and O–H groups in total. The van der Waals surface area contributed by atoms with Crippen molar-refractivity contribution in [2.24, 2.45) is 0 Å². The number of hydrogen-bond donors (Lipinski definition) is 1. The van der Waals surface area contributed by atoms with Crippen LogP contribution < -0.4 is 10.1 Å². The average Bonchev–Trinajstić information content (AvgIpc) is 2.92. The maximum atomic E-state index is 12.2. The highest BCUT2D eigenvalue weighted by Crippen LogP contribution is 2.23. The number of hydrogen-bond acceptors (Lipinski definition) is 6. The second-order valence-electron chi connectivity index (χ2n) is 4.71. The van der Waals surface area contributed by atoms with Gasteiger partial charge in [0.1, 0.15) is 11.5 Å². The van der Waals surface area contributed by atoms with Crippen molar-refractivity contribution in [2.75, 3.05) is 12.4 Å². The maximum Gasteiger partial charge on any atom is 0.340 e. The van der Waals surface area contributed by atoms with Crippen molar-refractivity contribution in [3.63, 3.8) is 0 Å². The second-order valence-corrected chi connectivity index (χ2v) is 5.56. The Kier molecular flexibility index (Phi) is 5.38. The number of rotatable bonds is 5. The average molecular weight is 383 g/mol. The smallest absolute Gasteiger partial charge is 0.340 e. The third kappa shape index (κ3) is 4.32. The number of anilines is 1. The number of methoxy groups -OCH3 is 1. The number of benzene rings is 1. The summed E-state index contributed by atoms with van der Waals surface area (Å²) in [7, 11) is 1.49. The third-order valence-corrected chi connectivity index (χ3v) is 3.62. The Balaban J connectivity index is 2.03. The molecule has 122 valence electrons. The minimum atomic E-state index is -1.00. The largest absolute Gasteiger partial charge is 0.497 e. The van der Waals surface area contributed by atoms with Gasteiger partial charge in [0.25, 0.3) is 5.91 Å². The predicted molar refractivity (Wildman–Crippen MR) is 85.4 cm³/mol. The van der Waals surface area contributed by atoms with E-state index in [9.17, 15) is 9.59 Å². The lowest BCUT2D eigenvalue weighted by Gasteiger charge is -2.13. The molecule has 2 rings (SSSR count). The molecule has 0 saturated heterocycles. The molecule has 0 radical (unpaired) electrons. The van der Waals surface area contributed by atoms with Gasteiger partial charge < -0.3 is 19.3 Å². The Bertz CT molecular complexity index is 728. The molecule has 8 heteroatoms. The third-order valence-electron chi connectivity index (χ3n) is 2.93. The summed E-state index contributed by atoms with van der Waals surface area (Å²) in [5.74, 6) is 0.180. The Labute approximate surface area is 141 Å². The molecule has 1 atom stereocenters. The van der Waals surface area contributed by atoms with Crippen LogP contribution in [0.4, 0.5) is 5.82 Å². The molecular weight excluding hydrogens is 368 g/mol. The van der Waals surface area contributed by atoms with Gasteiger partial charge in [0.05, 0.1) is 12.7 Å². The van der Waals surface area contributed by atoms with Gasteiger partial charge in [0.2, 0.25) is 0 Å². The SMILES string of the molecule is COc1ccc(Br)c(C(=O)O[C@@H](C)C(=O)Nc2cc(C)on2)c1. The number of ether oxygens (including phenoxy) is 2. The molecule has 0 aliphatic heterocycles. The Hall–Kier alpha value is -2.35. The number of halogens is 1. The fourth-order valence-corrected chi connectivity index (χ4v) is 2.13. The summed E-state index contributed by atoms with van der Waals surface area (Å²) in [5.41, 5.74) is 0.265. The van der Waals surface area contributed by atoms with Gasteiger partial charge in [-0.1, -0.05) is 5.16 Å². The molecule has 1 aromatic heterocycles. The Morgan fingerprint density at radius 3 is 2.70 bits per heavy atom. The van der Waals surface area contributed by atoms with E-state index in [0.29, 0.717) is 16.0 Å².